The van der Waals surface area contributed by atoms with Gasteiger partial charge in [-0.3, -0.25) is 4.79 Å². The molecule has 1 aromatic heterocycles. The molecule has 7 heteroatoms. The number of rotatable bonds is 8. The van der Waals surface area contributed by atoms with E-state index in [1.165, 1.54) is 12.3 Å². The Bertz CT molecular complexity index is 505. The SMILES string of the molecule is CCCCN(CC(N)=O)c1ncc(N)cc1C(=O)OCC. The van der Waals surface area contributed by atoms with Gasteiger partial charge in [-0.1, -0.05) is 13.3 Å². The summed E-state index contributed by atoms with van der Waals surface area (Å²) in [5.41, 5.74) is 11.6. The van der Waals surface area contributed by atoms with Crippen LogP contribution in [0.2, 0.25) is 0 Å². The number of anilines is 2. The monoisotopic (exact) mass is 294 g/mol. The average molecular weight is 294 g/mol. The molecule has 0 unspecified atom stereocenters. The zero-order valence-electron chi connectivity index (χ0n) is 12.5. The molecule has 116 valence electrons. The molecule has 21 heavy (non-hydrogen) atoms. The van der Waals surface area contributed by atoms with Crippen LogP contribution in [0.5, 0.6) is 0 Å². The van der Waals surface area contributed by atoms with Gasteiger partial charge < -0.3 is 21.1 Å². The Morgan fingerprint density at radius 1 is 1.38 bits per heavy atom. The molecule has 0 radical (unpaired) electrons. The van der Waals surface area contributed by atoms with E-state index < -0.39 is 11.9 Å². The van der Waals surface area contributed by atoms with Crippen molar-refractivity contribution in [2.45, 2.75) is 26.7 Å². The van der Waals surface area contributed by atoms with Crippen molar-refractivity contribution in [3.8, 4) is 0 Å². The molecule has 0 aliphatic heterocycles. The second-order valence-corrected chi connectivity index (χ2v) is 4.60. The van der Waals surface area contributed by atoms with E-state index in [0.29, 0.717) is 18.1 Å². The van der Waals surface area contributed by atoms with Crippen LogP contribution in [0, 0.1) is 0 Å². The van der Waals surface area contributed by atoms with Crippen molar-refractivity contribution in [3.63, 3.8) is 0 Å². The van der Waals surface area contributed by atoms with Crippen molar-refractivity contribution in [2.75, 3.05) is 30.3 Å². The van der Waals surface area contributed by atoms with Gasteiger partial charge >= 0.3 is 5.97 Å². The maximum atomic E-state index is 12.0. The first-order valence-electron chi connectivity index (χ1n) is 6.95. The summed E-state index contributed by atoms with van der Waals surface area (Å²) < 4.78 is 5.01. The van der Waals surface area contributed by atoms with Crippen molar-refractivity contribution >= 4 is 23.4 Å². The largest absolute Gasteiger partial charge is 0.462 e. The van der Waals surface area contributed by atoms with Crippen LogP contribution in [-0.2, 0) is 9.53 Å². The Balaban J connectivity index is 3.15. The first-order chi connectivity index (χ1) is 9.99. The third-order valence-corrected chi connectivity index (χ3v) is 2.81. The first-order valence-corrected chi connectivity index (χ1v) is 6.95. The van der Waals surface area contributed by atoms with Crippen molar-refractivity contribution in [3.05, 3.63) is 17.8 Å². The maximum Gasteiger partial charge on any atom is 0.341 e. The van der Waals surface area contributed by atoms with Gasteiger partial charge in [0.25, 0.3) is 0 Å². The number of hydrogen-bond acceptors (Lipinski definition) is 6. The number of amides is 1. The molecule has 1 amide bonds. The van der Waals surface area contributed by atoms with Crippen LogP contribution in [0.1, 0.15) is 37.0 Å². The lowest BCUT2D eigenvalue weighted by atomic mass is 10.2. The van der Waals surface area contributed by atoms with Crippen LogP contribution in [0.4, 0.5) is 11.5 Å². The molecule has 1 aromatic rings. The Labute approximate surface area is 124 Å². The molecule has 0 saturated carbocycles. The lowest BCUT2D eigenvalue weighted by Crippen LogP contribution is -2.36. The second kappa shape index (κ2) is 8.08. The van der Waals surface area contributed by atoms with Gasteiger partial charge in [0, 0.05) is 6.54 Å². The van der Waals surface area contributed by atoms with E-state index in [-0.39, 0.29) is 18.7 Å². The number of unbranched alkanes of at least 4 members (excludes halogenated alkanes) is 1. The van der Waals surface area contributed by atoms with Gasteiger partial charge in [0.1, 0.15) is 11.4 Å². The normalized spacial score (nSPS) is 10.2. The molecule has 0 saturated heterocycles. The summed E-state index contributed by atoms with van der Waals surface area (Å²) in [6.45, 7) is 4.56. The van der Waals surface area contributed by atoms with E-state index in [9.17, 15) is 9.59 Å². The van der Waals surface area contributed by atoms with Gasteiger partial charge in [0.2, 0.25) is 5.91 Å². The van der Waals surface area contributed by atoms with E-state index >= 15 is 0 Å². The number of hydrogen-bond donors (Lipinski definition) is 2. The topological polar surface area (TPSA) is 112 Å². The minimum atomic E-state index is -0.515. The van der Waals surface area contributed by atoms with Crippen molar-refractivity contribution in [2.24, 2.45) is 5.73 Å². The standard InChI is InChI=1S/C14H22N4O3/c1-3-5-6-18(9-12(16)19)13-11(14(20)21-4-2)7-10(15)8-17-13/h7-8H,3-6,9,15H2,1-2H3,(H2,16,19). The van der Waals surface area contributed by atoms with Gasteiger partial charge in [-0.2, -0.15) is 0 Å². The fourth-order valence-corrected chi connectivity index (χ4v) is 1.88. The quantitative estimate of drug-likeness (QED) is 0.690. The average Bonchev–Trinajstić information content (AvgIpc) is 2.43. The van der Waals surface area contributed by atoms with E-state index in [1.807, 2.05) is 6.92 Å². The molecule has 4 N–H and O–H groups in total. The fraction of sp³-hybridized carbons (Fsp3) is 0.500. The van der Waals surface area contributed by atoms with Crippen LogP contribution < -0.4 is 16.4 Å². The molecule has 0 bridgehead atoms. The third-order valence-electron chi connectivity index (χ3n) is 2.81. The molecule has 0 aliphatic rings. The van der Waals surface area contributed by atoms with Crippen molar-refractivity contribution in [1.29, 1.82) is 0 Å². The zero-order chi connectivity index (χ0) is 15.8. The van der Waals surface area contributed by atoms with Crippen LogP contribution in [-0.4, -0.2) is 36.6 Å². The molecule has 7 nitrogen and oxygen atoms in total. The molecule has 0 aliphatic carbocycles. The van der Waals surface area contributed by atoms with E-state index in [1.54, 1.807) is 11.8 Å². The van der Waals surface area contributed by atoms with Gasteiger partial charge in [-0.15, -0.1) is 0 Å². The highest BCUT2D eigenvalue weighted by Gasteiger charge is 2.20. The zero-order valence-corrected chi connectivity index (χ0v) is 12.5. The number of nitrogen functional groups attached to an aromatic ring is 1. The highest BCUT2D eigenvalue weighted by molar-refractivity contribution is 5.96. The Morgan fingerprint density at radius 3 is 2.67 bits per heavy atom. The number of primary amides is 1. The summed E-state index contributed by atoms with van der Waals surface area (Å²) in [7, 11) is 0. The number of nitrogens with zero attached hydrogens (tertiary/aromatic N) is 2. The molecule has 1 heterocycles. The highest BCUT2D eigenvalue weighted by Crippen LogP contribution is 2.21. The number of carbonyl (C=O) groups excluding carboxylic acids is 2. The minimum Gasteiger partial charge on any atom is -0.462 e. The van der Waals surface area contributed by atoms with E-state index in [4.69, 9.17) is 16.2 Å². The summed E-state index contributed by atoms with van der Waals surface area (Å²) in [6, 6.07) is 1.50. The lowest BCUT2D eigenvalue weighted by Gasteiger charge is -2.24. The highest BCUT2D eigenvalue weighted by atomic mass is 16.5. The summed E-state index contributed by atoms with van der Waals surface area (Å²) in [5, 5.41) is 0. The predicted molar refractivity (Wildman–Crippen MR) is 80.9 cm³/mol. The van der Waals surface area contributed by atoms with Gasteiger partial charge in [0.15, 0.2) is 0 Å². The summed E-state index contributed by atoms with van der Waals surface area (Å²) in [4.78, 5) is 29.1. The van der Waals surface area contributed by atoms with Crippen molar-refractivity contribution < 1.29 is 14.3 Å². The summed E-state index contributed by atoms with van der Waals surface area (Å²) >= 11 is 0. The Hall–Kier alpha value is -2.31. The van der Waals surface area contributed by atoms with Crippen LogP contribution in [0.3, 0.4) is 0 Å². The van der Waals surface area contributed by atoms with Crippen LogP contribution in [0.15, 0.2) is 12.3 Å². The van der Waals surface area contributed by atoms with Crippen molar-refractivity contribution in [1.82, 2.24) is 4.98 Å². The van der Waals surface area contributed by atoms with Crippen LogP contribution >= 0.6 is 0 Å². The van der Waals surface area contributed by atoms with Crippen LogP contribution in [0.25, 0.3) is 0 Å². The molecule has 0 atom stereocenters. The second-order valence-electron chi connectivity index (χ2n) is 4.60. The first kappa shape index (κ1) is 16.7. The summed E-state index contributed by atoms with van der Waals surface area (Å²) in [6.07, 6.45) is 3.23. The minimum absolute atomic E-state index is 0.0106. The lowest BCUT2D eigenvalue weighted by molar-refractivity contribution is -0.116. The number of pyridine rings is 1. The van der Waals surface area contributed by atoms with E-state index in [0.717, 1.165) is 12.8 Å². The molecular formula is C14H22N4O3. The molecule has 0 spiro atoms. The Kier molecular flexibility index (Phi) is 6.45. The number of carbonyl (C=O) groups is 2. The third kappa shape index (κ3) is 4.94. The molecule has 1 rings (SSSR count). The Morgan fingerprint density at radius 2 is 2.10 bits per heavy atom. The van der Waals surface area contributed by atoms with Gasteiger partial charge in [-0.05, 0) is 19.4 Å². The predicted octanol–water partition coefficient (Wildman–Crippen LogP) is 0.932. The maximum absolute atomic E-state index is 12.0. The molecular weight excluding hydrogens is 272 g/mol. The fourth-order valence-electron chi connectivity index (χ4n) is 1.88. The van der Waals surface area contributed by atoms with Gasteiger partial charge in [0.05, 0.1) is 25.0 Å². The number of ether oxygens (including phenoxy) is 1. The molecule has 0 aromatic carbocycles. The number of esters is 1. The van der Waals surface area contributed by atoms with Gasteiger partial charge in [-0.25, -0.2) is 9.78 Å². The number of aromatic nitrogens is 1. The molecule has 0 fully saturated rings. The summed E-state index contributed by atoms with van der Waals surface area (Å²) in [5.74, 6) is -0.632. The number of nitrogens with two attached hydrogens (primary N) is 2. The smallest absolute Gasteiger partial charge is 0.341 e. The van der Waals surface area contributed by atoms with E-state index in [2.05, 4.69) is 4.98 Å².